The third-order valence-electron chi connectivity index (χ3n) is 4.70. The maximum Gasteiger partial charge on any atom is 0.283 e. The largest absolute Gasteiger partial charge is 0.456 e. The monoisotopic (exact) mass is 474 g/mol. The summed E-state index contributed by atoms with van der Waals surface area (Å²) in [6.07, 6.45) is -0.467. The molecule has 160 valence electrons. The van der Waals surface area contributed by atoms with Crippen LogP contribution in [0.3, 0.4) is 0 Å². The van der Waals surface area contributed by atoms with Crippen molar-refractivity contribution in [2.45, 2.75) is 24.7 Å². The number of anilines is 1. The Morgan fingerprint density at radius 3 is 2.70 bits per heavy atom. The van der Waals surface area contributed by atoms with Gasteiger partial charge in [0.15, 0.2) is 6.10 Å². The first-order chi connectivity index (χ1) is 14.2. The van der Waals surface area contributed by atoms with Crippen molar-refractivity contribution in [1.29, 1.82) is 0 Å². The van der Waals surface area contributed by atoms with Crippen LogP contribution in [0.5, 0.6) is 0 Å². The van der Waals surface area contributed by atoms with Crippen LogP contribution in [0, 0.1) is 0 Å². The predicted octanol–water partition coefficient (Wildman–Crippen LogP) is 4.21. The number of benzene rings is 1. The minimum atomic E-state index is -1.16. The quantitative estimate of drug-likeness (QED) is 0.675. The number of carbonyl (C=O) groups excluding carboxylic acids is 1. The molecule has 0 saturated carbocycles. The van der Waals surface area contributed by atoms with Crippen molar-refractivity contribution in [3.63, 3.8) is 0 Å². The van der Waals surface area contributed by atoms with E-state index in [1.54, 1.807) is 25.1 Å². The summed E-state index contributed by atoms with van der Waals surface area (Å²) in [5.41, 5.74) is 5.46. The van der Waals surface area contributed by atoms with Gasteiger partial charge in [0, 0.05) is 29.6 Å². The fourth-order valence-corrected chi connectivity index (χ4v) is 4.14. The Labute approximate surface area is 187 Å². The summed E-state index contributed by atoms with van der Waals surface area (Å²) in [4.78, 5) is 20.9. The zero-order valence-electron chi connectivity index (χ0n) is 16.0. The van der Waals surface area contributed by atoms with Crippen LogP contribution in [0.1, 0.15) is 23.0 Å². The van der Waals surface area contributed by atoms with Gasteiger partial charge in [-0.25, -0.2) is 14.4 Å². The number of aromatic nitrogens is 1. The minimum Gasteiger partial charge on any atom is -0.456 e. The molecule has 0 spiro atoms. The van der Waals surface area contributed by atoms with Crippen LogP contribution < -0.4 is 11.1 Å². The molecule has 3 rings (SSSR count). The Morgan fingerprint density at radius 2 is 2.07 bits per heavy atom. The van der Waals surface area contributed by atoms with Crippen molar-refractivity contribution < 1.29 is 18.7 Å². The number of pyridine rings is 1. The maximum absolute atomic E-state index is 13.5. The Bertz CT molecular complexity index is 1010. The molecule has 1 aliphatic rings. The van der Waals surface area contributed by atoms with E-state index < -0.39 is 30.3 Å². The van der Waals surface area contributed by atoms with Gasteiger partial charge < -0.3 is 20.5 Å². The fourth-order valence-electron chi connectivity index (χ4n) is 3.37. The van der Waals surface area contributed by atoms with E-state index in [0.717, 1.165) is 0 Å². The second-order valence-electron chi connectivity index (χ2n) is 6.70. The van der Waals surface area contributed by atoms with E-state index in [1.165, 1.54) is 19.4 Å². The summed E-state index contributed by atoms with van der Waals surface area (Å²) in [7, 11) is 1.42. The van der Waals surface area contributed by atoms with Crippen LogP contribution >= 0.6 is 34.8 Å². The van der Waals surface area contributed by atoms with Crippen LogP contribution in [0.2, 0.25) is 15.1 Å². The van der Waals surface area contributed by atoms with Gasteiger partial charge in [-0.2, -0.15) is 0 Å². The number of nitrogens with one attached hydrogen (secondary N) is 1. The van der Waals surface area contributed by atoms with Gasteiger partial charge in [-0.05, 0) is 31.2 Å². The maximum atomic E-state index is 13.5. The topological polar surface area (TPSA) is 98.8 Å². The third kappa shape index (κ3) is 4.32. The molecule has 1 aliphatic heterocycles. The van der Waals surface area contributed by atoms with Crippen molar-refractivity contribution in [1.82, 2.24) is 4.98 Å². The minimum absolute atomic E-state index is 0.00405. The van der Waals surface area contributed by atoms with E-state index >= 15 is 0 Å². The molecule has 0 unspecified atom stereocenters. The van der Waals surface area contributed by atoms with E-state index in [1.807, 2.05) is 0 Å². The molecule has 7 nitrogen and oxygen atoms in total. The lowest BCUT2D eigenvalue weighted by Crippen LogP contribution is -2.53. The van der Waals surface area contributed by atoms with Crippen LogP contribution in [0.15, 0.2) is 35.5 Å². The Balaban J connectivity index is 1.98. The molecule has 0 radical (unpaired) electrons. The molecule has 11 heteroatoms. The molecule has 0 fully saturated rings. The lowest BCUT2D eigenvalue weighted by atomic mass is 9.83. The summed E-state index contributed by atoms with van der Waals surface area (Å²) in [6, 6.07) is 6.01. The highest BCUT2D eigenvalue weighted by molar-refractivity contribution is 6.36. The number of rotatable bonds is 5. The van der Waals surface area contributed by atoms with Gasteiger partial charge in [0.2, 0.25) is 0 Å². The number of alkyl halides is 1. The van der Waals surface area contributed by atoms with E-state index in [-0.39, 0.29) is 16.7 Å². The molecule has 1 aromatic heterocycles. The Kier molecular flexibility index (Phi) is 6.71. The summed E-state index contributed by atoms with van der Waals surface area (Å²) in [5.74, 6) is -0.546. The Hall–Kier alpha value is -2.13. The van der Waals surface area contributed by atoms with Crippen molar-refractivity contribution >= 4 is 52.4 Å². The van der Waals surface area contributed by atoms with Gasteiger partial charge in [-0.15, -0.1) is 0 Å². The molecule has 0 aliphatic carbocycles. The van der Waals surface area contributed by atoms with Crippen LogP contribution in [-0.2, 0) is 15.0 Å². The summed E-state index contributed by atoms with van der Waals surface area (Å²) < 4.78 is 24.2. The predicted molar refractivity (Wildman–Crippen MR) is 114 cm³/mol. The molecular weight excluding hydrogens is 458 g/mol. The number of hydrogen-bond acceptors (Lipinski definition) is 6. The fraction of sp³-hybridized carbons (Fsp3) is 0.316. The van der Waals surface area contributed by atoms with Crippen molar-refractivity contribution in [2.75, 3.05) is 19.1 Å². The average Bonchev–Trinajstić information content (AvgIpc) is 2.68. The van der Waals surface area contributed by atoms with Gasteiger partial charge in [0.25, 0.3) is 11.9 Å². The normalized spacial score (nSPS) is 23.5. The third-order valence-corrected chi connectivity index (χ3v) is 5.53. The zero-order chi connectivity index (χ0) is 22.1. The van der Waals surface area contributed by atoms with Crippen LogP contribution in [-0.4, -0.2) is 42.9 Å². The van der Waals surface area contributed by atoms with Gasteiger partial charge in [0.1, 0.15) is 24.0 Å². The molecule has 0 bridgehead atoms. The standard InChI is InChI=1S/C19H18Cl3FN4O3/c1-19(16(29-2)14(7-23)30-18(24)27-19)11-6-10(3-4-12(11)21)26-17(28)15-13(22)5-9(20)8-25-15/h3-6,8,14,16H,7H2,1-2H3,(H2,24,27)(H,26,28)/t14-,16+,19-/m1/s1. The van der Waals surface area contributed by atoms with Gasteiger partial charge in [-0.3, -0.25) is 4.79 Å². The second kappa shape index (κ2) is 8.93. The number of ether oxygens (including phenoxy) is 2. The second-order valence-corrected chi connectivity index (χ2v) is 7.95. The number of amides is 1. The Morgan fingerprint density at radius 1 is 1.33 bits per heavy atom. The number of halogens is 4. The van der Waals surface area contributed by atoms with E-state index in [9.17, 15) is 9.18 Å². The molecule has 2 heterocycles. The van der Waals surface area contributed by atoms with Crippen molar-refractivity contribution in [2.24, 2.45) is 10.7 Å². The molecule has 1 aromatic carbocycles. The molecule has 3 N–H and O–H groups in total. The summed E-state index contributed by atoms with van der Waals surface area (Å²) >= 11 is 18.3. The average molecular weight is 476 g/mol. The molecule has 3 atom stereocenters. The smallest absolute Gasteiger partial charge is 0.283 e. The first kappa shape index (κ1) is 22.6. The number of carbonyl (C=O) groups is 1. The summed E-state index contributed by atoms with van der Waals surface area (Å²) in [6.45, 7) is 0.864. The molecule has 2 aromatic rings. The molecule has 30 heavy (non-hydrogen) atoms. The van der Waals surface area contributed by atoms with Crippen molar-refractivity contribution in [3.8, 4) is 0 Å². The number of amidine groups is 1. The SMILES string of the molecule is CO[C@H]1[C@@H](CF)OC(N)=N[C@]1(C)c1cc(NC(=O)c2ncc(Cl)cc2Cl)ccc1Cl. The van der Waals surface area contributed by atoms with Crippen LogP contribution in [0.25, 0.3) is 0 Å². The number of aliphatic imine (C=N–C) groups is 1. The van der Waals surface area contributed by atoms with E-state index in [0.29, 0.717) is 21.3 Å². The lowest BCUT2D eigenvalue weighted by molar-refractivity contribution is -0.0697. The first-order valence-electron chi connectivity index (χ1n) is 8.72. The summed E-state index contributed by atoms with van der Waals surface area (Å²) in [5, 5.41) is 3.44. The molecule has 0 saturated heterocycles. The number of nitrogens with two attached hydrogens (primary N) is 1. The number of hydrogen-bond donors (Lipinski definition) is 2. The van der Waals surface area contributed by atoms with Gasteiger partial charge >= 0.3 is 0 Å². The highest BCUT2D eigenvalue weighted by Crippen LogP contribution is 2.41. The highest BCUT2D eigenvalue weighted by Gasteiger charge is 2.47. The number of methoxy groups -OCH3 is 1. The first-order valence-corrected chi connectivity index (χ1v) is 9.86. The van der Waals surface area contributed by atoms with E-state index in [4.69, 9.17) is 50.0 Å². The lowest BCUT2D eigenvalue weighted by Gasteiger charge is -2.41. The number of nitrogens with zero attached hydrogens (tertiary/aromatic N) is 2. The molecular formula is C19H18Cl3FN4O3. The highest BCUT2D eigenvalue weighted by atomic mass is 35.5. The zero-order valence-corrected chi connectivity index (χ0v) is 18.2. The van der Waals surface area contributed by atoms with Crippen LogP contribution in [0.4, 0.5) is 10.1 Å². The van der Waals surface area contributed by atoms with E-state index in [2.05, 4.69) is 15.3 Å². The molecule has 1 amide bonds. The van der Waals surface area contributed by atoms with Gasteiger partial charge in [-0.1, -0.05) is 34.8 Å². The van der Waals surface area contributed by atoms with Crippen molar-refractivity contribution in [3.05, 3.63) is 56.8 Å². The van der Waals surface area contributed by atoms with Gasteiger partial charge in [0.05, 0.1) is 10.0 Å².